The molecule has 8 heteroatoms. The lowest BCUT2D eigenvalue weighted by Crippen LogP contribution is -2.54. The monoisotopic (exact) mass is 393 g/mol. The van der Waals surface area contributed by atoms with Crippen LogP contribution in [0.4, 0.5) is 16.2 Å². The minimum atomic E-state index is -0.328. The predicted octanol–water partition coefficient (Wildman–Crippen LogP) is 1.52. The van der Waals surface area contributed by atoms with E-state index in [1.807, 2.05) is 4.90 Å². The van der Waals surface area contributed by atoms with E-state index in [1.54, 1.807) is 0 Å². The van der Waals surface area contributed by atoms with Gasteiger partial charge < -0.3 is 19.6 Å². The average molecular weight is 394 g/mol. The molecule has 0 amide bonds. The van der Waals surface area contributed by atoms with Gasteiger partial charge in [-0.15, -0.1) is 0 Å². The Bertz CT molecular complexity index is 637. The molecule has 0 saturated carbocycles. The van der Waals surface area contributed by atoms with Crippen LogP contribution >= 0.6 is 0 Å². The third-order valence-corrected chi connectivity index (χ3v) is 6.34. The summed E-state index contributed by atoms with van der Waals surface area (Å²) in [4.78, 5) is 15.7. The van der Waals surface area contributed by atoms with Gasteiger partial charge in [0.1, 0.15) is 0 Å². The smallest absolute Gasteiger partial charge is 0.227 e. The zero-order valence-electron chi connectivity index (χ0n) is 16.6. The molecule has 7 nitrogen and oxygen atoms in total. The van der Waals surface area contributed by atoms with Crippen molar-refractivity contribution in [3.05, 3.63) is 12.0 Å². The standard InChI is InChI=1S/C20H32FN5O2/c21-17-14-22-20(23-19(17)25-6-1-2-7-25)26-8-5-18(16(15-26)4-3-11-27)24-9-12-28-13-10-24/h14,16,18,27H,1-13,15H2/t16-,18+/m1/s1. The van der Waals surface area contributed by atoms with E-state index in [-0.39, 0.29) is 12.4 Å². The van der Waals surface area contributed by atoms with Gasteiger partial charge >= 0.3 is 0 Å². The topological polar surface area (TPSA) is 65.0 Å². The van der Waals surface area contributed by atoms with E-state index in [4.69, 9.17) is 4.74 Å². The van der Waals surface area contributed by atoms with E-state index in [0.29, 0.717) is 23.7 Å². The van der Waals surface area contributed by atoms with Crippen molar-refractivity contribution in [1.82, 2.24) is 14.9 Å². The van der Waals surface area contributed by atoms with E-state index in [9.17, 15) is 9.50 Å². The Labute approximate surface area is 166 Å². The van der Waals surface area contributed by atoms with Crippen LogP contribution in [0.1, 0.15) is 32.1 Å². The summed E-state index contributed by atoms with van der Waals surface area (Å²) in [6.45, 7) is 7.24. The number of morpholine rings is 1. The van der Waals surface area contributed by atoms with Crippen LogP contribution in [-0.2, 0) is 4.74 Å². The maximum Gasteiger partial charge on any atom is 0.227 e. The fraction of sp³-hybridized carbons (Fsp3) is 0.800. The van der Waals surface area contributed by atoms with Crippen molar-refractivity contribution in [2.75, 3.05) is 68.9 Å². The molecule has 28 heavy (non-hydrogen) atoms. The first kappa shape index (κ1) is 19.8. The number of nitrogens with zero attached hydrogens (tertiary/aromatic N) is 5. The van der Waals surface area contributed by atoms with Crippen molar-refractivity contribution < 1.29 is 14.2 Å². The number of aromatic nitrogens is 2. The second-order valence-electron chi connectivity index (χ2n) is 8.11. The van der Waals surface area contributed by atoms with E-state index in [1.165, 1.54) is 6.20 Å². The van der Waals surface area contributed by atoms with Crippen LogP contribution in [0.5, 0.6) is 0 Å². The van der Waals surface area contributed by atoms with Crippen molar-refractivity contribution in [2.24, 2.45) is 5.92 Å². The highest BCUT2D eigenvalue weighted by Gasteiger charge is 2.35. The van der Waals surface area contributed by atoms with Crippen molar-refractivity contribution >= 4 is 11.8 Å². The zero-order valence-corrected chi connectivity index (χ0v) is 16.6. The molecule has 1 aromatic heterocycles. The Morgan fingerprint density at radius 3 is 2.64 bits per heavy atom. The molecule has 0 radical (unpaired) electrons. The number of aliphatic hydroxyl groups excluding tert-OH is 1. The molecule has 1 aromatic rings. The summed E-state index contributed by atoms with van der Waals surface area (Å²) >= 11 is 0. The molecule has 0 spiro atoms. The summed E-state index contributed by atoms with van der Waals surface area (Å²) in [5.74, 6) is 1.20. The number of ether oxygens (including phenoxy) is 1. The predicted molar refractivity (Wildman–Crippen MR) is 106 cm³/mol. The summed E-state index contributed by atoms with van der Waals surface area (Å²) in [6.07, 6.45) is 6.33. The van der Waals surface area contributed by atoms with Gasteiger partial charge in [0.05, 0.1) is 19.4 Å². The first-order chi connectivity index (χ1) is 13.8. The molecule has 0 bridgehead atoms. The van der Waals surface area contributed by atoms with Gasteiger partial charge in [-0.05, 0) is 38.0 Å². The highest BCUT2D eigenvalue weighted by Crippen LogP contribution is 2.30. The van der Waals surface area contributed by atoms with E-state index < -0.39 is 0 Å². The van der Waals surface area contributed by atoms with Crippen LogP contribution < -0.4 is 9.80 Å². The number of aliphatic hydroxyl groups is 1. The Morgan fingerprint density at radius 1 is 1.11 bits per heavy atom. The molecule has 0 aliphatic carbocycles. The largest absolute Gasteiger partial charge is 0.396 e. The highest BCUT2D eigenvalue weighted by atomic mass is 19.1. The molecule has 4 rings (SSSR count). The average Bonchev–Trinajstić information content (AvgIpc) is 3.28. The fourth-order valence-electron chi connectivity index (χ4n) is 4.88. The SMILES string of the molecule is OCCC[C@@H]1CN(c2ncc(F)c(N3CCCC3)n2)CC[C@@H]1N1CCOCC1. The fourth-order valence-corrected chi connectivity index (χ4v) is 4.88. The first-order valence-corrected chi connectivity index (χ1v) is 10.7. The highest BCUT2D eigenvalue weighted by molar-refractivity contribution is 5.46. The van der Waals surface area contributed by atoms with Crippen LogP contribution in [0.2, 0.25) is 0 Å². The minimum Gasteiger partial charge on any atom is -0.396 e. The molecule has 0 aromatic carbocycles. The summed E-state index contributed by atoms with van der Waals surface area (Å²) in [5, 5.41) is 9.35. The Balaban J connectivity index is 1.48. The lowest BCUT2D eigenvalue weighted by molar-refractivity contribution is -0.00420. The second-order valence-corrected chi connectivity index (χ2v) is 8.11. The number of anilines is 2. The molecule has 4 heterocycles. The summed E-state index contributed by atoms with van der Waals surface area (Å²) in [5.41, 5.74) is 0. The van der Waals surface area contributed by atoms with Gasteiger partial charge in [0.2, 0.25) is 5.95 Å². The Hall–Kier alpha value is -1.51. The molecule has 3 fully saturated rings. The van der Waals surface area contributed by atoms with E-state index in [0.717, 1.165) is 84.6 Å². The van der Waals surface area contributed by atoms with Gasteiger partial charge in [-0.1, -0.05) is 0 Å². The number of hydrogen-bond donors (Lipinski definition) is 1. The number of halogens is 1. The summed E-state index contributed by atoms with van der Waals surface area (Å²) < 4.78 is 19.8. The van der Waals surface area contributed by atoms with Gasteiger partial charge in [-0.3, -0.25) is 4.90 Å². The van der Waals surface area contributed by atoms with Gasteiger partial charge in [0, 0.05) is 51.9 Å². The number of hydrogen-bond acceptors (Lipinski definition) is 7. The molecule has 3 aliphatic heterocycles. The van der Waals surface area contributed by atoms with Crippen molar-refractivity contribution in [1.29, 1.82) is 0 Å². The van der Waals surface area contributed by atoms with Gasteiger partial charge in [0.25, 0.3) is 0 Å². The van der Waals surface area contributed by atoms with E-state index >= 15 is 0 Å². The second kappa shape index (κ2) is 9.33. The summed E-state index contributed by atoms with van der Waals surface area (Å²) in [6, 6.07) is 0.505. The number of rotatable bonds is 6. The normalized spacial score (nSPS) is 26.8. The van der Waals surface area contributed by atoms with Crippen LogP contribution in [0.3, 0.4) is 0 Å². The molecule has 3 saturated heterocycles. The van der Waals surface area contributed by atoms with Gasteiger partial charge in [-0.2, -0.15) is 4.98 Å². The molecule has 0 unspecified atom stereocenters. The van der Waals surface area contributed by atoms with Gasteiger partial charge in [0.15, 0.2) is 11.6 Å². The third kappa shape index (κ3) is 4.39. The van der Waals surface area contributed by atoms with Crippen LogP contribution in [0.15, 0.2) is 6.20 Å². The quantitative estimate of drug-likeness (QED) is 0.786. The number of piperidine rings is 1. The van der Waals surface area contributed by atoms with Gasteiger partial charge in [-0.25, -0.2) is 9.37 Å². The van der Waals surface area contributed by atoms with E-state index in [2.05, 4.69) is 19.8 Å². The molecular formula is C20H32FN5O2. The molecule has 1 N–H and O–H groups in total. The van der Waals surface area contributed by atoms with Crippen molar-refractivity contribution in [3.8, 4) is 0 Å². The van der Waals surface area contributed by atoms with Crippen LogP contribution in [0.25, 0.3) is 0 Å². The molecule has 156 valence electrons. The van der Waals surface area contributed by atoms with Crippen molar-refractivity contribution in [2.45, 2.75) is 38.1 Å². The maximum absolute atomic E-state index is 14.3. The van der Waals surface area contributed by atoms with Crippen LogP contribution in [-0.4, -0.2) is 85.1 Å². The Morgan fingerprint density at radius 2 is 1.89 bits per heavy atom. The molecule has 3 aliphatic rings. The summed E-state index contributed by atoms with van der Waals surface area (Å²) in [7, 11) is 0. The zero-order chi connectivity index (χ0) is 19.3. The Kier molecular flexibility index (Phi) is 6.59. The minimum absolute atomic E-state index is 0.221. The maximum atomic E-state index is 14.3. The molecule has 2 atom stereocenters. The lowest BCUT2D eigenvalue weighted by atomic mass is 9.87. The lowest BCUT2D eigenvalue weighted by Gasteiger charge is -2.45. The van der Waals surface area contributed by atoms with Crippen molar-refractivity contribution in [3.63, 3.8) is 0 Å². The molecular weight excluding hydrogens is 361 g/mol. The van der Waals surface area contributed by atoms with Crippen LogP contribution in [0, 0.1) is 11.7 Å². The third-order valence-electron chi connectivity index (χ3n) is 6.34. The first-order valence-electron chi connectivity index (χ1n) is 10.7.